The number of nitrogens with zero attached hydrogens (tertiary/aromatic N) is 4. The van der Waals surface area contributed by atoms with Gasteiger partial charge in [-0.3, -0.25) is 4.57 Å². The highest BCUT2D eigenvalue weighted by Gasteiger charge is 2.18. The van der Waals surface area contributed by atoms with Crippen molar-refractivity contribution in [3.63, 3.8) is 0 Å². The van der Waals surface area contributed by atoms with Crippen LogP contribution in [-0.4, -0.2) is 19.5 Å². The summed E-state index contributed by atoms with van der Waals surface area (Å²) in [4.78, 5) is 15.2. The second kappa shape index (κ2) is 10.7. The Morgan fingerprint density at radius 1 is 0.438 bits per heavy atom. The quantitative estimate of drug-likeness (QED) is 0.194. The first-order valence-corrected chi connectivity index (χ1v) is 16.8. The Hall–Kier alpha value is -6.17. The van der Waals surface area contributed by atoms with E-state index in [0.717, 1.165) is 44.9 Å². The van der Waals surface area contributed by atoms with Gasteiger partial charge in [0.25, 0.3) is 0 Å². The minimum Gasteiger partial charge on any atom is -0.294 e. The van der Waals surface area contributed by atoms with Crippen LogP contribution >= 0.6 is 11.3 Å². The molecule has 0 amide bonds. The summed E-state index contributed by atoms with van der Waals surface area (Å²) >= 11 is 1.85. The number of benzene rings is 6. The minimum absolute atomic E-state index is 0.647. The Labute approximate surface area is 280 Å². The van der Waals surface area contributed by atoms with E-state index >= 15 is 0 Å². The maximum Gasteiger partial charge on any atom is 0.161 e. The van der Waals surface area contributed by atoms with Crippen molar-refractivity contribution in [2.24, 2.45) is 0 Å². The fourth-order valence-electron chi connectivity index (χ4n) is 6.91. The molecule has 0 saturated carbocycles. The second-order valence-corrected chi connectivity index (χ2v) is 13.2. The molecule has 0 bridgehead atoms. The number of hydrogen-bond donors (Lipinski definition) is 0. The lowest BCUT2D eigenvalue weighted by Gasteiger charge is -2.11. The van der Waals surface area contributed by atoms with E-state index < -0.39 is 0 Å². The summed E-state index contributed by atoms with van der Waals surface area (Å²) < 4.78 is 4.91. The minimum atomic E-state index is 0.647. The van der Waals surface area contributed by atoms with Crippen molar-refractivity contribution in [1.82, 2.24) is 19.5 Å². The highest BCUT2D eigenvalue weighted by atomic mass is 32.1. The molecule has 0 fully saturated rings. The van der Waals surface area contributed by atoms with Crippen molar-refractivity contribution in [3.8, 4) is 39.7 Å². The van der Waals surface area contributed by atoms with E-state index in [4.69, 9.17) is 15.0 Å². The van der Waals surface area contributed by atoms with Gasteiger partial charge in [0.15, 0.2) is 5.82 Å². The number of fused-ring (bicyclic) bond motifs is 7. The van der Waals surface area contributed by atoms with Gasteiger partial charge in [-0.15, -0.1) is 11.3 Å². The van der Waals surface area contributed by atoms with E-state index in [9.17, 15) is 0 Å². The molecule has 10 rings (SSSR count). The number of aromatic nitrogens is 4. The largest absolute Gasteiger partial charge is 0.294 e. The molecule has 0 N–H and O–H groups in total. The Balaban J connectivity index is 1.18. The fraction of sp³-hybridized carbons (Fsp3) is 0. The van der Waals surface area contributed by atoms with Gasteiger partial charge in [-0.05, 0) is 59.3 Å². The molecule has 0 aliphatic carbocycles. The van der Waals surface area contributed by atoms with Crippen LogP contribution in [0.4, 0.5) is 0 Å². The third kappa shape index (κ3) is 4.33. The second-order valence-electron chi connectivity index (χ2n) is 12.1. The van der Waals surface area contributed by atoms with Crippen molar-refractivity contribution in [3.05, 3.63) is 158 Å². The van der Waals surface area contributed by atoms with Crippen LogP contribution in [0.15, 0.2) is 158 Å². The van der Waals surface area contributed by atoms with E-state index in [1.54, 1.807) is 0 Å². The normalized spacial score (nSPS) is 11.8. The first kappa shape index (κ1) is 27.0. The van der Waals surface area contributed by atoms with E-state index in [-0.39, 0.29) is 0 Å². The lowest BCUT2D eigenvalue weighted by Crippen LogP contribution is -1.99. The van der Waals surface area contributed by atoms with Gasteiger partial charge in [0.05, 0.1) is 22.4 Å². The molecular weight excluding hydrogens is 605 g/mol. The smallest absolute Gasteiger partial charge is 0.161 e. The molecular formula is C43H26N4S. The third-order valence-electron chi connectivity index (χ3n) is 9.23. The van der Waals surface area contributed by atoms with Crippen molar-refractivity contribution in [2.75, 3.05) is 0 Å². The van der Waals surface area contributed by atoms with Gasteiger partial charge >= 0.3 is 0 Å². The van der Waals surface area contributed by atoms with Crippen LogP contribution in [-0.2, 0) is 0 Å². The maximum absolute atomic E-state index is 5.10. The molecule has 0 aliphatic heterocycles. The van der Waals surface area contributed by atoms with Gasteiger partial charge in [0, 0.05) is 53.8 Å². The SMILES string of the molecule is c1ccc(-c2cc(-c3ccccc3)nc(-c3ccc(-n4c5cc6ccccc6cc5c5cc6sc7ccccc7c6cc54)nc3)n2)cc1. The molecule has 0 atom stereocenters. The molecule has 0 unspecified atom stereocenters. The van der Waals surface area contributed by atoms with Gasteiger partial charge in [-0.25, -0.2) is 15.0 Å². The molecule has 6 aromatic carbocycles. The Morgan fingerprint density at radius 2 is 1.06 bits per heavy atom. The van der Waals surface area contributed by atoms with Gasteiger partial charge < -0.3 is 0 Å². The average molecular weight is 631 g/mol. The molecule has 4 heterocycles. The highest BCUT2D eigenvalue weighted by Crippen LogP contribution is 2.41. The molecule has 48 heavy (non-hydrogen) atoms. The van der Waals surface area contributed by atoms with E-state index in [1.165, 1.54) is 41.7 Å². The zero-order valence-corrected chi connectivity index (χ0v) is 26.5. The topological polar surface area (TPSA) is 43.6 Å². The molecule has 4 aromatic heterocycles. The zero-order valence-electron chi connectivity index (χ0n) is 25.7. The van der Waals surface area contributed by atoms with Gasteiger partial charge in [-0.2, -0.15) is 0 Å². The Kier molecular flexibility index (Phi) is 6.01. The van der Waals surface area contributed by atoms with Crippen molar-refractivity contribution < 1.29 is 0 Å². The van der Waals surface area contributed by atoms with Crippen molar-refractivity contribution >= 4 is 64.1 Å². The van der Waals surface area contributed by atoms with E-state index in [2.05, 4.69) is 120 Å². The summed E-state index contributed by atoms with van der Waals surface area (Å²) in [6.45, 7) is 0. The van der Waals surface area contributed by atoms with Crippen LogP contribution in [0.1, 0.15) is 0 Å². The van der Waals surface area contributed by atoms with Crippen molar-refractivity contribution in [1.29, 1.82) is 0 Å². The molecule has 5 heteroatoms. The highest BCUT2D eigenvalue weighted by molar-refractivity contribution is 7.25. The lowest BCUT2D eigenvalue weighted by molar-refractivity contribution is 1.08. The van der Waals surface area contributed by atoms with Crippen LogP contribution in [0.25, 0.3) is 92.5 Å². The Bertz CT molecular complexity index is 2760. The van der Waals surface area contributed by atoms with E-state index in [0.29, 0.717) is 5.82 Å². The number of pyridine rings is 1. The summed E-state index contributed by atoms with van der Waals surface area (Å²) in [5.74, 6) is 1.50. The maximum atomic E-state index is 5.10. The van der Waals surface area contributed by atoms with Crippen LogP contribution in [0.2, 0.25) is 0 Å². The summed E-state index contributed by atoms with van der Waals surface area (Å²) in [6, 6.07) is 53.4. The number of hydrogen-bond acceptors (Lipinski definition) is 4. The predicted octanol–water partition coefficient (Wildman–Crippen LogP) is 11.5. The summed E-state index contributed by atoms with van der Waals surface area (Å²) in [5, 5.41) is 7.45. The molecule has 4 nitrogen and oxygen atoms in total. The van der Waals surface area contributed by atoms with Crippen LogP contribution < -0.4 is 0 Å². The molecule has 0 saturated heterocycles. The number of thiophene rings is 1. The summed E-state index contributed by atoms with van der Waals surface area (Å²) in [7, 11) is 0. The lowest BCUT2D eigenvalue weighted by atomic mass is 10.1. The molecule has 10 aromatic rings. The number of rotatable bonds is 4. The first-order valence-electron chi connectivity index (χ1n) is 16.0. The molecule has 224 valence electrons. The summed E-state index contributed by atoms with van der Waals surface area (Å²) in [5.41, 5.74) is 7.01. The third-order valence-corrected chi connectivity index (χ3v) is 10.4. The van der Waals surface area contributed by atoms with Crippen LogP contribution in [0.3, 0.4) is 0 Å². The zero-order chi connectivity index (χ0) is 31.6. The van der Waals surface area contributed by atoms with Gasteiger partial charge in [-0.1, -0.05) is 103 Å². The molecule has 0 radical (unpaired) electrons. The van der Waals surface area contributed by atoms with Crippen molar-refractivity contribution in [2.45, 2.75) is 0 Å². The van der Waals surface area contributed by atoms with Crippen LogP contribution in [0, 0.1) is 0 Å². The standard InChI is InChI=1S/C43H26N4S/c1-3-11-27(12-4-1)36-25-37(28-13-5-2-6-14-28)46-43(45-36)31-19-20-42(44-26-31)47-38-22-30-16-8-7-15-29(30)21-33(38)34-24-41-35(23-39(34)47)32-17-9-10-18-40(32)48-41/h1-26H. The Morgan fingerprint density at radius 3 is 1.77 bits per heavy atom. The average Bonchev–Trinajstić information content (AvgIpc) is 3.67. The molecule has 0 aliphatic rings. The van der Waals surface area contributed by atoms with Gasteiger partial charge in [0.2, 0.25) is 0 Å². The summed E-state index contributed by atoms with van der Waals surface area (Å²) in [6.07, 6.45) is 1.91. The predicted molar refractivity (Wildman–Crippen MR) is 201 cm³/mol. The fourth-order valence-corrected chi connectivity index (χ4v) is 8.03. The molecule has 0 spiro atoms. The van der Waals surface area contributed by atoms with Gasteiger partial charge in [0.1, 0.15) is 5.82 Å². The van der Waals surface area contributed by atoms with Crippen LogP contribution in [0.5, 0.6) is 0 Å². The first-order chi connectivity index (χ1) is 23.8. The monoisotopic (exact) mass is 630 g/mol. The van der Waals surface area contributed by atoms with E-state index in [1.807, 2.05) is 53.9 Å².